The molecule has 172 valence electrons. The first-order valence-electron chi connectivity index (χ1n) is 10.3. The second kappa shape index (κ2) is 10.1. The smallest absolute Gasteiger partial charge is 0.340 e. The lowest BCUT2D eigenvalue weighted by atomic mass is 10.2. The fraction of sp³-hybridized carbons (Fsp3) is 0.125. The van der Waals surface area contributed by atoms with E-state index in [0.717, 1.165) is 0 Å². The van der Waals surface area contributed by atoms with Crippen LogP contribution in [-0.2, 0) is 16.1 Å². The molecule has 10 heteroatoms. The van der Waals surface area contributed by atoms with Gasteiger partial charge in [0.1, 0.15) is 6.54 Å². The van der Waals surface area contributed by atoms with Crippen LogP contribution < -0.4 is 10.9 Å². The van der Waals surface area contributed by atoms with Crippen molar-refractivity contribution in [1.82, 2.24) is 14.7 Å². The minimum Gasteiger partial charge on any atom is -0.462 e. The Morgan fingerprint density at radius 3 is 2.56 bits per heavy atom. The number of esters is 1. The zero-order chi connectivity index (χ0) is 24.1. The Hall–Kier alpha value is -4.24. The average Bonchev–Trinajstić information content (AvgIpc) is 3.32. The van der Waals surface area contributed by atoms with Crippen molar-refractivity contribution >= 4 is 29.2 Å². The van der Waals surface area contributed by atoms with Gasteiger partial charge in [0.2, 0.25) is 11.7 Å². The average molecular weight is 479 g/mol. The predicted molar refractivity (Wildman–Crippen MR) is 125 cm³/mol. The van der Waals surface area contributed by atoms with E-state index in [0.29, 0.717) is 27.7 Å². The molecule has 0 saturated heterocycles. The molecular formula is C24H19ClN4O5. The van der Waals surface area contributed by atoms with Crippen molar-refractivity contribution in [3.8, 4) is 22.8 Å². The van der Waals surface area contributed by atoms with Crippen LogP contribution in [0.15, 0.2) is 76.2 Å². The van der Waals surface area contributed by atoms with E-state index in [1.165, 1.54) is 22.9 Å². The first-order valence-corrected chi connectivity index (χ1v) is 10.7. The van der Waals surface area contributed by atoms with Crippen molar-refractivity contribution in [3.63, 3.8) is 0 Å². The molecular weight excluding hydrogens is 460 g/mol. The molecule has 4 rings (SSSR count). The van der Waals surface area contributed by atoms with Gasteiger partial charge in [0.25, 0.3) is 11.4 Å². The maximum Gasteiger partial charge on any atom is 0.340 e. The maximum absolute atomic E-state index is 12.6. The molecule has 0 fully saturated rings. The van der Waals surface area contributed by atoms with Crippen LogP contribution in [0.2, 0.25) is 5.02 Å². The number of nitrogens with zero attached hydrogens (tertiary/aromatic N) is 3. The van der Waals surface area contributed by atoms with Gasteiger partial charge in [0.15, 0.2) is 0 Å². The van der Waals surface area contributed by atoms with E-state index in [9.17, 15) is 14.4 Å². The van der Waals surface area contributed by atoms with Crippen LogP contribution in [0.3, 0.4) is 0 Å². The van der Waals surface area contributed by atoms with Crippen LogP contribution in [0.4, 0.5) is 5.69 Å². The fourth-order valence-corrected chi connectivity index (χ4v) is 3.29. The van der Waals surface area contributed by atoms with Crippen molar-refractivity contribution in [1.29, 1.82) is 0 Å². The van der Waals surface area contributed by atoms with Crippen molar-refractivity contribution in [2.75, 3.05) is 11.9 Å². The van der Waals surface area contributed by atoms with Crippen LogP contribution >= 0.6 is 11.6 Å². The van der Waals surface area contributed by atoms with E-state index >= 15 is 0 Å². The Morgan fingerprint density at radius 2 is 1.79 bits per heavy atom. The van der Waals surface area contributed by atoms with Gasteiger partial charge in [-0.2, -0.15) is 4.98 Å². The van der Waals surface area contributed by atoms with Gasteiger partial charge in [-0.25, -0.2) is 4.79 Å². The number of hydrogen-bond acceptors (Lipinski definition) is 7. The van der Waals surface area contributed by atoms with E-state index in [-0.39, 0.29) is 24.6 Å². The summed E-state index contributed by atoms with van der Waals surface area (Å²) in [5.41, 5.74) is 1.30. The summed E-state index contributed by atoms with van der Waals surface area (Å²) in [6.07, 6.45) is 1.46. The normalized spacial score (nSPS) is 10.6. The quantitative estimate of drug-likeness (QED) is 0.398. The van der Waals surface area contributed by atoms with Gasteiger partial charge in [-0.15, -0.1) is 0 Å². The van der Waals surface area contributed by atoms with Crippen LogP contribution in [0.5, 0.6) is 0 Å². The molecule has 0 aliphatic heterocycles. The Labute approximate surface area is 198 Å². The molecule has 1 N–H and O–H groups in total. The Kier molecular flexibility index (Phi) is 6.84. The highest BCUT2D eigenvalue weighted by Gasteiger charge is 2.16. The maximum atomic E-state index is 12.6. The minimum absolute atomic E-state index is 0.187. The van der Waals surface area contributed by atoms with E-state index in [2.05, 4.69) is 15.5 Å². The predicted octanol–water partition coefficient (Wildman–Crippen LogP) is 4.03. The number of para-hydroxylation sites is 1. The number of carbonyl (C=O) groups excluding carboxylic acids is 2. The van der Waals surface area contributed by atoms with Gasteiger partial charge in [-0.3, -0.25) is 9.59 Å². The molecule has 2 heterocycles. The molecule has 0 unspecified atom stereocenters. The molecule has 0 bridgehead atoms. The van der Waals surface area contributed by atoms with Crippen LogP contribution in [0.1, 0.15) is 17.3 Å². The zero-order valence-electron chi connectivity index (χ0n) is 18.0. The standard InChI is InChI=1S/C24H19ClN4O5/c1-2-33-24(32)18-5-3-4-6-19(18)26-20(30)14-29-13-16(9-12-21(29)31)23-27-22(28-34-23)15-7-10-17(25)11-8-15/h3-13H,2,14H2,1H3,(H,26,30). The zero-order valence-corrected chi connectivity index (χ0v) is 18.8. The van der Waals surface area contributed by atoms with Crippen molar-refractivity contribution < 1.29 is 18.8 Å². The summed E-state index contributed by atoms with van der Waals surface area (Å²) in [6, 6.07) is 16.3. The highest BCUT2D eigenvalue weighted by Crippen LogP contribution is 2.23. The summed E-state index contributed by atoms with van der Waals surface area (Å²) in [7, 11) is 0. The largest absolute Gasteiger partial charge is 0.462 e. The summed E-state index contributed by atoms with van der Waals surface area (Å²) < 4.78 is 11.6. The number of rotatable bonds is 7. The Morgan fingerprint density at radius 1 is 1.06 bits per heavy atom. The van der Waals surface area contributed by atoms with Crippen molar-refractivity contribution in [2.24, 2.45) is 0 Å². The molecule has 9 nitrogen and oxygen atoms in total. The molecule has 0 aliphatic carbocycles. The summed E-state index contributed by atoms with van der Waals surface area (Å²) >= 11 is 5.91. The fourth-order valence-electron chi connectivity index (χ4n) is 3.16. The van der Waals surface area contributed by atoms with Crippen LogP contribution in [-0.4, -0.2) is 33.2 Å². The molecule has 0 saturated carbocycles. The molecule has 0 spiro atoms. The lowest BCUT2D eigenvalue weighted by molar-refractivity contribution is -0.116. The number of aromatic nitrogens is 3. The van der Waals surface area contributed by atoms with Gasteiger partial charge < -0.3 is 19.1 Å². The number of halogens is 1. The van der Waals surface area contributed by atoms with Crippen molar-refractivity contribution in [2.45, 2.75) is 13.5 Å². The van der Waals surface area contributed by atoms with Gasteiger partial charge in [0.05, 0.1) is 23.4 Å². The van der Waals surface area contributed by atoms with Crippen molar-refractivity contribution in [3.05, 3.63) is 87.8 Å². The number of ether oxygens (including phenoxy) is 1. The van der Waals surface area contributed by atoms with Crippen LogP contribution in [0.25, 0.3) is 22.8 Å². The van der Waals surface area contributed by atoms with Gasteiger partial charge in [-0.1, -0.05) is 28.9 Å². The minimum atomic E-state index is -0.551. The number of amides is 1. The molecule has 0 radical (unpaired) electrons. The van der Waals surface area contributed by atoms with E-state index in [4.69, 9.17) is 20.9 Å². The molecule has 1 amide bonds. The summed E-state index contributed by atoms with van der Waals surface area (Å²) in [4.78, 5) is 41.5. The molecule has 2 aromatic carbocycles. The molecule has 34 heavy (non-hydrogen) atoms. The Balaban J connectivity index is 1.53. The first-order chi connectivity index (χ1) is 16.4. The monoisotopic (exact) mass is 478 g/mol. The summed E-state index contributed by atoms with van der Waals surface area (Å²) in [5, 5.41) is 7.20. The number of pyridine rings is 1. The number of benzene rings is 2. The second-order valence-electron chi connectivity index (χ2n) is 7.13. The SMILES string of the molecule is CCOC(=O)c1ccccc1NC(=O)Cn1cc(-c2nc(-c3ccc(Cl)cc3)no2)ccc1=O. The Bertz CT molecular complexity index is 1400. The van der Waals surface area contributed by atoms with Gasteiger partial charge in [0, 0.05) is 22.8 Å². The first kappa shape index (κ1) is 22.9. The van der Waals surface area contributed by atoms with Crippen LogP contribution in [0, 0.1) is 0 Å². The third-order valence-electron chi connectivity index (χ3n) is 4.77. The molecule has 4 aromatic rings. The third-order valence-corrected chi connectivity index (χ3v) is 5.02. The van der Waals surface area contributed by atoms with Gasteiger partial charge in [-0.05, 0) is 49.4 Å². The van der Waals surface area contributed by atoms with E-state index < -0.39 is 17.4 Å². The molecule has 2 aromatic heterocycles. The van der Waals surface area contributed by atoms with E-state index in [1.807, 2.05) is 0 Å². The number of nitrogens with one attached hydrogen (secondary N) is 1. The number of hydrogen-bond donors (Lipinski definition) is 1. The second-order valence-corrected chi connectivity index (χ2v) is 7.56. The van der Waals surface area contributed by atoms with E-state index in [1.54, 1.807) is 55.5 Å². The third kappa shape index (κ3) is 5.21. The molecule has 0 aliphatic rings. The summed E-state index contributed by atoms with van der Waals surface area (Å²) in [6.45, 7) is 1.61. The molecule has 0 atom stereocenters. The number of carbonyl (C=O) groups is 2. The lowest BCUT2D eigenvalue weighted by Gasteiger charge is -2.11. The highest BCUT2D eigenvalue weighted by atomic mass is 35.5. The lowest BCUT2D eigenvalue weighted by Crippen LogP contribution is -2.27. The number of anilines is 1. The highest BCUT2D eigenvalue weighted by molar-refractivity contribution is 6.30. The van der Waals surface area contributed by atoms with Gasteiger partial charge >= 0.3 is 5.97 Å². The topological polar surface area (TPSA) is 116 Å². The summed E-state index contributed by atoms with van der Waals surface area (Å²) in [5.74, 6) is -0.502.